The Kier molecular flexibility index (Phi) is 6.87. The maximum absolute atomic E-state index is 13.1. The Labute approximate surface area is 203 Å². The number of halogens is 1. The number of pyridine rings is 1. The number of allylic oxidation sites excluding steroid dienone is 2. The third kappa shape index (κ3) is 4.24. The van der Waals surface area contributed by atoms with Crippen LogP contribution >= 0.6 is 15.9 Å². The Morgan fingerprint density at radius 1 is 1.06 bits per heavy atom. The van der Waals surface area contributed by atoms with E-state index < -0.39 is 11.7 Å². The van der Waals surface area contributed by atoms with Gasteiger partial charge in [0.15, 0.2) is 12.6 Å². The molecule has 0 spiro atoms. The molecule has 1 fully saturated rings. The minimum atomic E-state index is -0.667. The molecule has 3 heterocycles. The summed E-state index contributed by atoms with van der Waals surface area (Å²) in [6.07, 6.45) is 4.27. The number of hydrogen-bond donors (Lipinski definition) is 1. The molecule has 0 atom stereocenters. The zero-order valence-electron chi connectivity index (χ0n) is 18.3. The maximum Gasteiger partial charge on any atom is 0.295 e. The topological polar surface area (TPSA) is 113 Å². The molecule has 34 heavy (non-hydrogen) atoms. The number of carbonyl (C=O) groups excluding carboxylic acids is 4. The van der Waals surface area contributed by atoms with Gasteiger partial charge in [-0.3, -0.25) is 19.2 Å². The first-order valence-electron chi connectivity index (χ1n) is 10.5. The monoisotopic (exact) mass is 524 g/mol. The van der Waals surface area contributed by atoms with Crippen molar-refractivity contribution < 1.29 is 23.9 Å². The first kappa shape index (κ1) is 23.4. The molecular formula is C24H21BrN4O5. The summed E-state index contributed by atoms with van der Waals surface area (Å²) in [5, 5.41) is 0.478. The number of H-pyrrole nitrogens is 1. The number of rotatable bonds is 7. The molecule has 0 unspecified atom stereocenters. The Balaban J connectivity index is 1.53. The highest BCUT2D eigenvalue weighted by atomic mass is 79.9. The fraction of sp³-hybridized carbons (Fsp3) is 0.208. The number of nitrogens with one attached hydrogen (secondary N) is 1. The van der Waals surface area contributed by atoms with Crippen molar-refractivity contribution >= 4 is 56.7 Å². The number of ketones is 1. The quantitative estimate of drug-likeness (QED) is 0.166. The van der Waals surface area contributed by atoms with Crippen LogP contribution in [-0.2, 0) is 14.4 Å². The van der Waals surface area contributed by atoms with Gasteiger partial charge in [0.25, 0.3) is 11.7 Å². The van der Waals surface area contributed by atoms with E-state index in [1.807, 2.05) is 6.07 Å². The molecule has 9 nitrogen and oxygen atoms in total. The van der Waals surface area contributed by atoms with E-state index in [2.05, 4.69) is 25.9 Å². The largest absolute Gasteiger partial charge is 0.494 e. The predicted octanol–water partition coefficient (Wildman–Crippen LogP) is 2.47. The number of hydrogen-bond acceptors (Lipinski definition) is 7. The van der Waals surface area contributed by atoms with Gasteiger partial charge in [-0.15, -0.1) is 0 Å². The van der Waals surface area contributed by atoms with Gasteiger partial charge in [-0.1, -0.05) is 30.3 Å². The van der Waals surface area contributed by atoms with Crippen LogP contribution in [0.3, 0.4) is 0 Å². The second kappa shape index (κ2) is 10.0. The average Bonchev–Trinajstić information content (AvgIpc) is 3.33. The number of ether oxygens (including phenoxy) is 1. The fourth-order valence-corrected chi connectivity index (χ4v) is 4.45. The third-order valence-corrected chi connectivity index (χ3v) is 6.39. The van der Waals surface area contributed by atoms with Crippen LogP contribution in [0.25, 0.3) is 16.5 Å². The van der Waals surface area contributed by atoms with Crippen LogP contribution in [0.5, 0.6) is 5.75 Å². The van der Waals surface area contributed by atoms with Crippen LogP contribution in [0, 0.1) is 0 Å². The molecule has 10 heteroatoms. The van der Waals surface area contributed by atoms with Gasteiger partial charge in [-0.25, -0.2) is 4.98 Å². The number of Topliss-reactive ketones (excluding diaryl/α,β-unsaturated/α-hetero) is 1. The highest BCUT2D eigenvalue weighted by molar-refractivity contribution is 9.10. The smallest absolute Gasteiger partial charge is 0.295 e. The number of piperazine rings is 1. The van der Waals surface area contributed by atoms with Gasteiger partial charge in [0.05, 0.1) is 35.5 Å². The molecule has 0 aliphatic carbocycles. The Morgan fingerprint density at radius 2 is 1.74 bits per heavy atom. The summed E-state index contributed by atoms with van der Waals surface area (Å²) in [5.41, 5.74) is 1.95. The first-order chi connectivity index (χ1) is 16.5. The lowest BCUT2D eigenvalue weighted by molar-refractivity contribution is -0.127. The van der Waals surface area contributed by atoms with Gasteiger partial charge >= 0.3 is 0 Å². The number of carbonyl (C=O) groups is 4. The molecule has 0 bridgehead atoms. The van der Waals surface area contributed by atoms with Gasteiger partial charge in [0.1, 0.15) is 10.4 Å². The van der Waals surface area contributed by atoms with Gasteiger partial charge in [-0.2, -0.15) is 0 Å². The van der Waals surface area contributed by atoms with E-state index in [4.69, 9.17) is 4.74 Å². The summed E-state index contributed by atoms with van der Waals surface area (Å²) in [4.78, 5) is 60.0. The molecule has 1 aliphatic heterocycles. The molecule has 1 aliphatic rings. The van der Waals surface area contributed by atoms with Crippen molar-refractivity contribution in [1.29, 1.82) is 0 Å². The van der Waals surface area contributed by atoms with Crippen LogP contribution in [0.15, 0.2) is 53.0 Å². The van der Waals surface area contributed by atoms with Crippen molar-refractivity contribution in [2.45, 2.75) is 0 Å². The zero-order valence-corrected chi connectivity index (χ0v) is 19.9. The van der Waals surface area contributed by atoms with Crippen molar-refractivity contribution in [1.82, 2.24) is 19.8 Å². The van der Waals surface area contributed by atoms with Crippen LogP contribution in [0.2, 0.25) is 0 Å². The Morgan fingerprint density at radius 3 is 2.35 bits per heavy atom. The van der Waals surface area contributed by atoms with E-state index in [9.17, 15) is 19.2 Å². The average molecular weight is 525 g/mol. The van der Waals surface area contributed by atoms with E-state index in [1.165, 1.54) is 24.4 Å². The van der Waals surface area contributed by atoms with Crippen LogP contribution < -0.4 is 4.74 Å². The lowest BCUT2D eigenvalue weighted by atomic mass is 10.0. The molecule has 174 valence electrons. The fourth-order valence-electron chi connectivity index (χ4n) is 4.03. The molecular weight excluding hydrogens is 504 g/mol. The van der Waals surface area contributed by atoms with Gasteiger partial charge in [-0.05, 0) is 21.5 Å². The van der Waals surface area contributed by atoms with Gasteiger partial charge in [0, 0.05) is 37.9 Å². The highest BCUT2D eigenvalue weighted by Crippen LogP contribution is 2.32. The molecule has 2 aromatic heterocycles. The number of amides is 1. The van der Waals surface area contributed by atoms with E-state index in [1.54, 1.807) is 29.2 Å². The summed E-state index contributed by atoms with van der Waals surface area (Å²) < 4.78 is 5.83. The summed E-state index contributed by atoms with van der Waals surface area (Å²) in [6, 6.07) is 8.92. The van der Waals surface area contributed by atoms with E-state index in [0.717, 1.165) is 0 Å². The predicted molar refractivity (Wildman–Crippen MR) is 128 cm³/mol. The molecule has 4 rings (SSSR count). The van der Waals surface area contributed by atoms with Crippen molar-refractivity contribution in [3.63, 3.8) is 0 Å². The number of fused-ring (bicyclic) bond motifs is 1. The van der Waals surface area contributed by atoms with E-state index in [-0.39, 0.29) is 29.9 Å². The van der Waals surface area contributed by atoms with Gasteiger partial charge < -0.3 is 19.5 Å². The molecule has 1 aromatic carbocycles. The molecule has 1 N–H and O–H groups in total. The van der Waals surface area contributed by atoms with Crippen molar-refractivity contribution in [3.05, 3.63) is 64.2 Å². The third-order valence-electron chi connectivity index (χ3n) is 5.78. The SMILES string of the molecule is COc1cnc(Br)c2[nH]cc(C(=O)C(=O)N3CCN(/C(C=O)=C(/C=O)c4ccccc4)CC3)c12. The van der Waals surface area contributed by atoms with Crippen LogP contribution in [0.1, 0.15) is 15.9 Å². The summed E-state index contributed by atoms with van der Waals surface area (Å²) in [5.74, 6) is -0.936. The number of nitrogens with zero attached hydrogens (tertiary/aromatic N) is 3. The summed E-state index contributed by atoms with van der Waals surface area (Å²) in [7, 11) is 1.47. The lowest BCUT2D eigenvalue weighted by Crippen LogP contribution is -2.50. The number of aromatic amines is 1. The molecule has 3 aromatic rings. The Bertz CT molecular complexity index is 1290. The number of aldehydes is 2. The van der Waals surface area contributed by atoms with Crippen LogP contribution in [0.4, 0.5) is 0 Å². The summed E-state index contributed by atoms with van der Waals surface area (Å²) in [6.45, 7) is 1.08. The van der Waals surface area contributed by atoms with Gasteiger partial charge in [0.2, 0.25) is 0 Å². The Hall–Kier alpha value is -3.79. The van der Waals surface area contributed by atoms with E-state index >= 15 is 0 Å². The minimum Gasteiger partial charge on any atom is -0.494 e. The molecule has 0 radical (unpaired) electrons. The zero-order chi connectivity index (χ0) is 24.2. The van der Waals surface area contributed by atoms with Crippen molar-refractivity contribution in [2.75, 3.05) is 33.3 Å². The van der Waals surface area contributed by atoms with Crippen LogP contribution in [-0.4, -0.2) is 77.3 Å². The standard InChI is InChI=1S/C24H21BrN4O5/c1-34-19-12-27-23(25)21-20(19)16(11-26-21)22(32)24(33)29-9-7-28(8-10-29)18(14-31)17(13-30)15-5-3-2-4-6-15/h2-6,11-14,26H,7-10H2,1H3/b18-17-. The van der Waals surface area contributed by atoms with Crippen molar-refractivity contribution in [2.24, 2.45) is 0 Å². The molecule has 1 saturated heterocycles. The molecule has 0 saturated carbocycles. The van der Waals surface area contributed by atoms with Crippen molar-refractivity contribution in [3.8, 4) is 5.75 Å². The normalized spacial score (nSPS) is 14.5. The number of benzene rings is 1. The van der Waals surface area contributed by atoms with E-state index in [0.29, 0.717) is 52.5 Å². The second-order valence-corrected chi connectivity index (χ2v) is 8.33. The number of methoxy groups -OCH3 is 1. The maximum atomic E-state index is 13.1. The first-order valence-corrected chi connectivity index (χ1v) is 11.3. The highest BCUT2D eigenvalue weighted by Gasteiger charge is 2.30. The lowest BCUT2D eigenvalue weighted by Gasteiger charge is -2.36. The second-order valence-electron chi connectivity index (χ2n) is 7.58. The summed E-state index contributed by atoms with van der Waals surface area (Å²) >= 11 is 3.33. The minimum absolute atomic E-state index is 0.197. The molecule has 1 amide bonds. The number of aromatic nitrogens is 2.